The zero-order chi connectivity index (χ0) is 23.3. The van der Waals surface area contributed by atoms with Crippen molar-refractivity contribution in [1.29, 1.82) is 0 Å². The number of aromatic nitrogens is 3. The Morgan fingerprint density at radius 2 is 1.88 bits per heavy atom. The second-order valence-electron chi connectivity index (χ2n) is 7.88. The molecule has 8 heteroatoms. The van der Waals surface area contributed by atoms with E-state index in [1.54, 1.807) is 11.3 Å². The van der Waals surface area contributed by atoms with Crippen molar-refractivity contribution in [3.8, 4) is 11.8 Å². The van der Waals surface area contributed by atoms with E-state index >= 15 is 0 Å². The lowest BCUT2D eigenvalue weighted by Crippen LogP contribution is -2.43. The van der Waals surface area contributed by atoms with Gasteiger partial charge in [0.25, 0.3) is 0 Å². The molecule has 0 saturated heterocycles. The number of hydrogen-bond donors (Lipinski definition) is 1. The third-order valence-electron chi connectivity index (χ3n) is 5.13. The van der Waals surface area contributed by atoms with E-state index in [2.05, 4.69) is 21.9 Å². The van der Waals surface area contributed by atoms with E-state index in [1.807, 2.05) is 53.0 Å². The largest absolute Gasteiger partial charge is 0.382 e. The zero-order valence-corrected chi connectivity index (χ0v) is 18.8. The van der Waals surface area contributed by atoms with Crippen LogP contribution < -0.4 is 0 Å². The van der Waals surface area contributed by atoms with Crippen molar-refractivity contribution in [3.05, 3.63) is 106 Å². The minimum Gasteiger partial charge on any atom is -0.382 e. The van der Waals surface area contributed by atoms with Gasteiger partial charge in [0.15, 0.2) is 0 Å². The summed E-state index contributed by atoms with van der Waals surface area (Å²) in [4.78, 5) is 5.77. The van der Waals surface area contributed by atoms with Crippen LogP contribution in [0.4, 0.5) is 8.78 Å². The molecule has 0 radical (unpaired) electrons. The van der Waals surface area contributed by atoms with Crippen LogP contribution in [0.25, 0.3) is 0 Å². The lowest BCUT2D eigenvalue weighted by molar-refractivity contribution is -0.0175. The third-order valence-corrected chi connectivity index (χ3v) is 5.82. The first kappa shape index (κ1) is 22.8. The van der Waals surface area contributed by atoms with Gasteiger partial charge < -0.3 is 5.11 Å². The summed E-state index contributed by atoms with van der Waals surface area (Å²) in [5, 5.41) is 19.5. The molecule has 2 heterocycles. The van der Waals surface area contributed by atoms with Crippen LogP contribution in [0, 0.1) is 23.5 Å². The maximum atomic E-state index is 14.6. The van der Waals surface area contributed by atoms with Crippen LogP contribution in [-0.4, -0.2) is 38.4 Å². The molecule has 0 amide bonds. The molecule has 0 aliphatic rings. The molecule has 0 saturated carbocycles. The molecular formula is C25H22F2N4OS. The number of hydrogen-bond acceptors (Lipinski definition) is 5. The molecule has 2 aromatic heterocycles. The van der Waals surface area contributed by atoms with Crippen LogP contribution in [0.3, 0.4) is 0 Å². The van der Waals surface area contributed by atoms with Crippen molar-refractivity contribution < 1.29 is 13.9 Å². The molecule has 1 unspecified atom stereocenters. The number of aliphatic hydroxyl groups is 1. The first-order chi connectivity index (χ1) is 15.9. The van der Waals surface area contributed by atoms with Crippen LogP contribution in [0.2, 0.25) is 0 Å². The fraction of sp³-hybridized carbons (Fsp3) is 0.200. The van der Waals surface area contributed by atoms with E-state index < -0.39 is 17.2 Å². The Balaban J connectivity index is 1.49. The third kappa shape index (κ3) is 5.90. The monoisotopic (exact) mass is 464 g/mol. The topological polar surface area (TPSA) is 54.2 Å². The van der Waals surface area contributed by atoms with Crippen molar-refractivity contribution in [3.63, 3.8) is 0 Å². The molecular weight excluding hydrogens is 442 g/mol. The number of benzene rings is 2. The molecule has 4 rings (SSSR count). The number of nitrogens with zero attached hydrogens (tertiary/aromatic N) is 4. The summed E-state index contributed by atoms with van der Waals surface area (Å²) < 4.78 is 29.5. The van der Waals surface area contributed by atoms with Crippen molar-refractivity contribution in [2.75, 3.05) is 13.6 Å². The maximum Gasteiger partial charge on any atom is 0.137 e. The molecule has 1 N–H and O–H groups in total. The molecule has 4 aromatic rings. The van der Waals surface area contributed by atoms with E-state index in [0.717, 1.165) is 28.8 Å². The average molecular weight is 465 g/mol. The molecule has 2 aromatic carbocycles. The minimum atomic E-state index is -1.65. The predicted octanol–water partition coefficient (Wildman–Crippen LogP) is 4.04. The highest BCUT2D eigenvalue weighted by atomic mass is 32.1. The summed E-state index contributed by atoms with van der Waals surface area (Å²) >= 11 is 1.61. The highest BCUT2D eigenvalue weighted by Gasteiger charge is 2.34. The van der Waals surface area contributed by atoms with Crippen molar-refractivity contribution >= 4 is 11.3 Å². The fourth-order valence-corrected chi connectivity index (χ4v) is 4.24. The molecule has 1 atom stereocenters. The molecule has 33 heavy (non-hydrogen) atoms. The summed E-state index contributed by atoms with van der Waals surface area (Å²) in [5.74, 6) is 4.75. The van der Waals surface area contributed by atoms with Gasteiger partial charge >= 0.3 is 0 Å². The molecule has 5 nitrogen and oxygen atoms in total. The highest BCUT2D eigenvalue weighted by molar-refractivity contribution is 7.08. The second-order valence-corrected chi connectivity index (χ2v) is 8.66. The Hall–Kier alpha value is -3.38. The SMILES string of the molecule is CN(Cc1ccc(C#Cc2ccsc2)cc1)CC(O)(Cn1cncn1)c1ccc(F)cc1F. The Kier molecular flexibility index (Phi) is 6.94. The van der Waals surface area contributed by atoms with E-state index in [4.69, 9.17) is 0 Å². The lowest BCUT2D eigenvalue weighted by Gasteiger charge is -2.33. The van der Waals surface area contributed by atoms with E-state index in [1.165, 1.54) is 23.4 Å². The Labute approximate surface area is 195 Å². The second kappa shape index (κ2) is 10.0. The number of rotatable bonds is 7. The van der Waals surface area contributed by atoms with Crippen molar-refractivity contribution in [2.45, 2.75) is 18.7 Å². The molecule has 0 aliphatic carbocycles. The van der Waals surface area contributed by atoms with Crippen LogP contribution >= 0.6 is 11.3 Å². The summed E-state index contributed by atoms with van der Waals surface area (Å²) in [6.45, 7) is 0.576. The van der Waals surface area contributed by atoms with Crippen LogP contribution in [0.5, 0.6) is 0 Å². The van der Waals surface area contributed by atoms with E-state index in [-0.39, 0.29) is 18.7 Å². The lowest BCUT2D eigenvalue weighted by atomic mass is 9.92. The zero-order valence-electron chi connectivity index (χ0n) is 17.9. The maximum absolute atomic E-state index is 14.6. The quantitative estimate of drug-likeness (QED) is 0.420. The van der Waals surface area contributed by atoms with Gasteiger partial charge in [0.2, 0.25) is 0 Å². The minimum absolute atomic E-state index is 0.00491. The van der Waals surface area contributed by atoms with Crippen molar-refractivity contribution in [2.24, 2.45) is 0 Å². The molecule has 0 fully saturated rings. The van der Waals surface area contributed by atoms with Gasteiger partial charge in [-0.2, -0.15) is 16.4 Å². The highest BCUT2D eigenvalue weighted by Crippen LogP contribution is 2.28. The first-order valence-electron chi connectivity index (χ1n) is 10.2. The average Bonchev–Trinajstić information content (AvgIpc) is 3.47. The van der Waals surface area contributed by atoms with Crippen LogP contribution in [0.15, 0.2) is 71.9 Å². The van der Waals surface area contributed by atoms with E-state index in [9.17, 15) is 13.9 Å². The first-order valence-corrected chi connectivity index (χ1v) is 11.2. The van der Waals surface area contributed by atoms with Crippen LogP contribution in [-0.2, 0) is 18.7 Å². The van der Waals surface area contributed by atoms with Gasteiger partial charge in [-0.15, -0.1) is 0 Å². The van der Waals surface area contributed by atoms with Gasteiger partial charge in [-0.3, -0.25) is 4.90 Å². The van der Waals surface area contributed by atoms with Gasteiger partial charge in [0.05, 0.1) is 6.54 Å². The summed E-state index contributed by atoms with van der Waals surface area (Å²) in [5.41, 5.74) is 1.27. The predicted molar refractivity (Wildman–Crippen MR) is 123 cm³/mol. The van der Waals surface area contributed by atoms with Gasteiger partial charge in [-0.05, 0) is 42.3 Å². The summed E-state index contributed by atoms with van der Waals surface area (Å²) in [6, 6.07) is 13.0. The van der Waals surface area contributed by atoms with Gasteiger partial charge in [0, 0.05) is 41.2 Å². The van der Waals surface area contributed by atoms with E-state index in [0.29, 0.717) is 6.54 Å². The summed E-state index contributed by atoms with van der Waals surface area (Å²) in [6.07, 6.45) is 2.79. The van der Waals surface area contributed by atoms with Gasteiger partial charge in [-0.1, -0.05) is 30.0 Å². The summed E-state index contributed by atoms with van der Waals surface area (Å²) in [7, 11) is 1.83. The smallest absolute Gasteiger partial charge is 0.137 e. The van der Waals surface area contributed by atoms with Crippen molar-refractivity contribution in [1.82, 2.24) is 19.7 Å². The molecule has 0 spiro atoms. The standard InChI is InChI=1S/C25H22F2N4OS/c1-30(13-20-5-2-19(3-6-20)4-7-21-10-11-33-14-21)15-25(32,16-31-18-28-17-29-31)23-9-8-22(26)12-24(23)27/h2-3,5-6,8-12,14,17-18,32H,13,15-16H2,1H3. The normalized spacial score (nSPS) is 12.9. The Morgan fingerprint density at radius 3 is 2.55 bits per heavy atom. The Bertz CT molecular complexity index is 1250. The van der Waals surface area contributed by atoms with Gasteiger partial charge in [0.1, 0.15) is 29.9 Å². The number of thiophene rings is 1. The van der Waals surface area contributed by atoms with Crippen LogP contribution in [0.1, 0.15) is 22.3 Å². The number of halogens is 2. The Morgan fingerprint density at radius 1 is 1.09 bits per heavy atom. The number of likely N-dealkylation sites (N-methyl/N-ethyl adjacent to an activating group) is 1. The molecule has 0 aliphatic heterocycles. The molecule has 0 bridgehead atoms. The fourth-order valence-electron chi connectivity index (χ4n) is 3.66. The molecule has 168 valence electrons. The van der Waals surface area contributed by atoms with Gasteiger partial charge in [-0.25, -0.2) is 18.4 Å².